The number of hydrogen-bond donors (Lipinski definition) is 0. The lowest BCUT2D eigenvalue weighted by molar-refractivity contribution is -0.147. The van der Waals surface area contributed by atoms with Crippen molar-refractivity contribution in [3.63, 3.8) is 0 Å². The van der Waals surface area contributed by atoms with Gasteiger partial charge in [-0.3, -0.25) is 14.5 Å². The summed E-state index contributed by atoms with van der Waals surface area (Å²) < 4.78 is 7.29. The fraction of sp³-hybridized carbons (Fsp3) is 0.450. The summed E-state index contributed by atoms with van der Waals surface area (Å²) in [6.07, 6.45) is 1.90. The molecule has 3 heterocycles. The maximum atomic E-state index is 12.8. The molecule has 7 nitrogen and oxygen atoms in total. The summed E-state index contributed by atoms with van der Waals surface area (Å²) in [5.74, 6) is 0.0881. The highest BCUT2D eigenvalue weighted by atomic mass is 16.5. The van der Waals surface area contributed by atoms with E-state index in [0.29, 0.717) is 32.7 Å². The van der Waals surface area contributed by atoms with Crippen LogP contribution in [0.3, 0.4) is 0 Å². The van der Waals surface area contributed by atoms with E-state index < -0.39 is 0 Å². The normalized spacial score (nSPS) is 20.3. The third-order valence-corrected chi connectivity index (χ3v) is 5.34. The van der Waals surface area contributed by atoms with Gasteiger partial charge in [0.25, 0.3) is 11.5 Å². The zero-order chi connectivity index (χ0) is 18.6. The molecular formula is C20H24N4O3. The number of aromatic nitrogens is 2. The molecule has 1 unspecified atom stereocenters. The molecule has 2 aliphatic heterocycles. The molecule has 27 heavy (non-hydrogen) atoms. The van der Waals surface area contributed by atoms with Crippen molar-refractivity contribution < 1.29 is 9.53 Å². The maximum absolute atomic E-state index is 12.8. The van der Waals surface area contributed by atoms with Crippen LogP contribution in [0.1, 0.15) is 11.1 Å². The van der Waals surface area contributed by atoms with Gasteiger partial charge in [-0.05, 0) is 17.2 Å². The molecule has 7 heteroatoms. The van der Waals surface area contributed by atoms with Gasteiger partial charge in [-0.1, -0.05) is 24.3 Å². The van der Waals surface area contributed by atoms with Crippen LogP contribution in [0.2, 0.25) is 0 Å². The van der Waals surface area contributed by atoms with Crippen LogP contribution in [0, 0.1) is 0 Å². The second kappa shape index (κ2) is 8.02. The Morgan fingerprint density at radius 2 is 1.81 bits per heavy atom. The molecule has 0 N–H and O–H groups in total. The van der Waals surface area contributed by atoms with Crippen LogP contribution in [-0.2, 0) is 29.1 Å². The highest BCUT2D eigenvalue weighted by Crippen LogP contribution is 2.21. The first-order chi connectivity index (χ1) is 13.2. The first kappa shape index (κ1) is 17.9. The Morgan fingerprint density at radius 1 is 1.04 bits per heavy atom. The van der Waals surface area contributed by atoms with Crippen molar-refractivity contribution in [2.24, 2.45) is 0 Å². The number of ether oxygens (including phenoxy) is 1. The number of carbonyl (C=O) groups is 1. The minimum atomic E-state index is -0.376. The molecule has 2 aliphatic rings. The van der Waals surface area contributed by atoms with E-state index in [2.05, 4.69) is 22.1 Å². The summed E-state index contributed by atoms with van der Waals surface area (Å²) in [5, 5.41) is 4.08. The molecule has 0 spiro atoms. The van der Waals surface area contributed by atoms with Gasteiger partial charge in [-0.25, -0.2) is 4.68 Å². The van der Waals surface area contributed by atoms with Gasteiger partial charge in [0.1, 0.15) is 6.10 Å². The minimum Gasteiger partial charge on any atom is -0.363 e. The molecule has 1 amide bonds. The quantitative estimate of drug-likeness (QED) is 0.788. The van der Waals surface area contributed by atoms with Crippen LogP contribution < -0.4 is 5.56 Å². The molecule has 1 atom stereocenters. The highest BCUT2D eigenvalue weighted by Gasteiger charge is 2.30. The molecule has 1 aromatic carbocycles. The first-order valence-corrected chi connectivity index (χ1v) is 9.42. The number of piperazine rings is 1. The van der Waals surface area contributed by atoms with E-state index in [4.69, 9.17) is 4.74 Å². The minimum absolute atomic E-state index is 0.0824. The average Bonchev–Trinajstić information content (AvgIpc) is 2.73. The smallest absolute Gasteiger partial charge is 0.266 e. The molecule has 1 fully saturated rings. The largest absolute Gasteiger partial charge is 0.363 e. The van der Waals surface area contributed by atoms with E-state index in [1.165, 1.54) is 21.9 Å². The van der Waals surface area contributed by atoms with Crippen molar-refractivity contribution in [3.8, 4) is 0 Å². The van der Waals surface area contributed by atoms with Gasteiger partial charge in [0, 0.05) is 51.4 Å². The van der Waals surface area contributed by atoms with Crippen molar-refractivity contribution in [2.75, 3.05) is 32.7 Å². The number of amides is 1. The Morgan fingerprint density at radius 3 is 2.59 bits per heavy atom. The Bertz CT molecular complexity index is 858. The summed E-state index contributed by atoms with van der Waals surface area (Å²) >= 11 is 0. The number of nitrogens with zero attached hydrogens (tertiary/aromatic N) is 4. The Hall–Kier alpha value is -2.51. The molecule has 0 bridgehead atoms. The molecule has 2 aromatic rings. The monoisotopic (exact) mass is 368 g/mol. The Kier molecular flexibility index (Phi) is 5.31. The summed E-state index contributed by atoms with van der Waals surface area (Å²) in [6.45, 7) is 4.82. The van der Waals surface area contributed by atoms with Gasteiger partial charge in [0.15, 0.2) is 0 Å². The SMILES string of the molecule is O=C(C1Cc2ccccc2CO1)N1CCN(CCn2ncccc2=O)CC1. The van der Waals surface area contributed by atoms with E-state index in [1.54, 1.807) is 12.3 Å². The molecule has 1 saturated heterocycles. The standard InChI is InChI=1S/C20H24N4O3/c25-19-6-3-7-21-24(19)13-10-22-8-11-23(12-9-22)20(26)18-14-16-4-1-2-5-17(16)15-27-18/h1-7,18H,8-15H2. The number of fused-ring (bicyclic) bond motifs is 1. The predicted octanol–water partition coefficient (Wildman–Crippen LogP) is 0.529. The summed E-state index contributed by atoms with van der Waals surface area (Å²) in [4.78, 5) is 28.7. The summed E-state index contributed by atoms with van der Waals surface area (Å²) in [5.41, 5.74) is 2.30. The predicted molar refractivity (Wildman–Crippen MR) is 100 cm³/mol. The number of carbonyl (C=O) groups excluding carboxylic acids is 1. The fourth-order valence-electron chi connectivity index (χ4n) is 3.69. The van der Waals surface area contributed by atoms with Crippen molar-refractivity contribution >= 4 is 5.91 Å². The maximum Gasteiger partial charge on any atom is 0.266 e. The lowest BCUT2D eigenvalue weighted by Crippen LogP contribution is -2.53. The van der Waals surface area contributed by atoms with Crippen molar-refractivity contribution in [1.82, 2.24) is 19.6 Å². The number of hydrogen-bond acceptors (Lipinski definition) is 5. The molecule has 1 aromatic heterocycles. The summed E-state index contributed by atoms with van der Waals surface area (Å²) in [7, 11) is 0. The van der Waals surface area contributed by atoms with E-state index in [1.807, 2.05) is 17.0 Å². The fourth-order valence-corrected chi connectivity index (χ4v) is 3.69. The van der Waals surface area contributed by atoms with Crippen LogP contribution in [-0.4, -0.2) is 64.3 Å². The number of rotatable bonds is 4. The Balaban J connectivity index is 1.27. The molecule has 0 saturated carbocycles. The average molecular weight is 368 g/mol. The van der Waals surface area contributed by atoms with Crippen molar-refractivity contribution in [3.05, 3.63) is 64.1 Å². The lowest BCUT2D eigenvalue weighted by atomic mass is 9.98. The van der Waals surface area contributed by atoms with E-state index in [-0.39, 0.29) is 17.6 Å². The van der Waals surface area contributed by atoms with Crippen LogP contribution >= 0.6 is 0 Å². The first-order valence-electron chi connectivity index (χ1n) is 9.42. The van der Waals surface area contributed by atoms with E-state index in [9.17, 15) is 9.59 Å². The van der Waals surface area contributed by atoms with Gasteiger partial charge in [0.05, 0.1) is 13.2 Å². The second-order valence-corrected chi connectivity index (χ2v) is 7.02. The van der Waals surface area contributed by atoms with Gasteiger partial charge in [0.2, 0.25) is 0 Å². The number of benzene rings is 1. The van der Waals surface area contributed by atoms with Crippen molar-refractivity contribution in [2.45, 2.75) is 25.7 Å². The van der Waals surface area contributed by atoms with Crippen molar-refractivity contribution in [1.29, 1.82) is 0 Å². The van der Waals surface area contributed by atoms with Crippen LogP contribution in [0.4, 0.5) is 0 Å². The van der Waals surface area contributed by atoms with Gasteiger partial charge in [-0.2, -0.15) is 5.10 Å². The van der Waals surface area contributed by atoms with Crippen LogP contribution in [0.15, 0.2) is 47.4 Å². The van der Waals surface area contributed by atoms with Gasteiger partial charge in [-0.15, -0.1) is 0 Å². The van der Waals surface area contributed by atoms with E-state index >= 15 is 0 Å². The highest BCUT2D eigenvalue weighted by molar-refractivity contribution is 5.81. The molecule has 142 valence electrons. The van der Waals surface area contributed by atoms with Gasteiger partial charge < -0.3 is 9.64 Å². The molecule has 0 radical (unpaired) electrons. The van der Waals surface area contributed by atoms with Crippen LogP contribution in [0.25, 0.3) is 0 Å². The molecule has 0 aliphatic carbocycles. The van der Waals surface area contributed by atoms with Gasteiger partial charge >= 0.3 is 0 Å². The summed E-state index contributed by atoms with van der Waals surface area (Å²) in [6, 6.07) is 11.3. The molecular weight excluding hydrogens is 344 g/mol. The second-order valence-electron chi connectivity index (χ2n) is 7.02. The topological polar surface area (TPSA) is 67.7 Å². The third-order valence-electron chi connectivity index (χ3n) is 5.34. The van der Waals surface area contributed by atoms with E-state index in [0.717, 1.165) is 19.6 Å². The third kappa shape index (κ3) is 4.09. The lowest BCUT2D eigenvalue weighted by Gasteiger charge is -2.37. The molecule has 4 rings (SSSR count). The zero-order valence-electron chi connectivity index (χ0n) is 15.3. The van der Waals surface area contributed by atoms with Crippen LogP contribution in [0.5, 0.6) is 0 Å². The zero-order valence-corrected chi connectivity index (χ0v) is 15.3. The Labute approximate surface area is 158 Å².